The highest BCUT2D eigenvalue weighted by molar-refractivity contribution is 5.29. The predicted molar refractivity (Wildman–Crippen MR) is 75.1 cm³/mol. The first kappa shape index (κ1) is 13.4. The van der Waals surface area contributed by atoms with Crippen LogP contribution in [0.4, 0.5) is 0 Å². The molecule has 0 bridgehead atoms. The fraction of sp³-hybridized carbons (Fsp3) is 0.600. The average molecular weight is 248 g/mol. The summed E-state index contributed by atoms with van der Waals surface area (Å²) in [4.78, 5) is 2.43. The molecule has 1 atom stereocenters. The molecule has 0 radical (unpaired) electrons. The second kappa shape index (κ2) is 6.21. The van der Waals surface area contributed by atoms with Crippen LogP contribution in [0.1, 0.15) is 31.9 Å². The minimum absolute atomic E-state index is 0.237. The highest BCUT2D eigenvalue weighted by Gasteiger charge is 2.18. The number of nitrogens with zero attached hydrogens (tertiary/aromatic N) is 1. The van der Waals surface area contributed by atoms with Gasteiger partial charge in [-0.25, -0.2) is 0 Å². The Morgan fingerprint density at radius 1 is 1.22 bits per heavy atom. The van der Waals surface area contributed by atoms with Gasteiger partial charge >= 0.3 is 0 Å². The molecule has 18 heavy (non-hydrogen) atoms. The normalized spacial score (nSPS) is 21.9. The Morgan fingerprint density at radius 3 is 2.61 bits per heavy atom. The van der Waals surface area contributed by atoms with E-state index < -0.39 is 0 Å². The Hall–Kier alpha value is -1.06. The summed E-state index contributed by atoms with van der Waals surface area (Å²) in [5.74, 6) is 0.961. The molecule has 1 aromatic rings. The standard InChI is InChI=1S/C15H24N2O/c1-12(2)18-14-6-4-13(5-7-14)15-8-9-16-10-11-17(15)3/h4-7,12,15-16H,8-11H2,1-3H3. The highest BCUT2D eigenvalue weighted by atomic mass is 16.5. The Morgan fingerprint density at radius 2 is 1.94 bits per heavy atom. The van der Waals surface area contributed by atoms with E-state index in [0.29, 0.717) is 6.04 Å². The smallest absolute Gasteiger partial charge is 0.119 e. The van der Waals surface area contributed by atoms with E-state index in [9.17, 15) is 0 Å². The first-order valence-electron chi connectivity index (χ1n) is 6.84. The van der Waals surface area contributed by atoms with Gasteiger partial charge in [0.05, 0.1) is 6.10 Å². The van der Waals surface area contributed by atoms with E-state index >= 15 is 0 Å². The highest BCUT2D eigenvalue weighted by Crippen LogP contribution is 2.25. The van der Waals surface area contributed by atoms with Gasteiger partial charge in [0.15, 0.2) is 0 Å². The number of rotatable bonds is 3. The summed E-state index contributed by atoms with van der Waals surface area (Å²) in [6.07, 6.45) is 1.40. The maximum Gasteiger partial charge on any atom is 0.119 e. The van der Waals surface area contributed by atoms with Crippen molar-refractivity contribution in [2.45, 2.75) is 32.4 Å². The molecular formula is C15H24N2O. The van der Waals surface area contributed by atoms with Gasteiger partial charge in [0.25, 0.3) is 0 Å². The van der Waals surface area contributed by atoms with Crippen LogP contribution in [-0.2, 0) is 0 Å². The molecule has 0 amide bonds. The van der Waals surface area contributed by atoms with Crippen molar-refractivity contribution < 1.29 is 4.74 Å². The van der Waals surface area contributed by atoms with Crippen molar-refractivity contribution in [3.8, 4) is 5.75 Å². The molecule has 0 saturated carbocycles. The number of likely N-dealkylation sites (N-methyl/N-ethyl adjacent to an activating group) is 1. The van der Waals surface area contributed by atoms with Crippen LogP contribution in [0.5, 0.6) is 5.75 Å². The van der Waals surface area contributed by atoms with Crippen molar-refractivity contribution in [1.29, 1.82) is 0 Å². The summed E-state index contributed by atoms with van der Waals surface area (Å²) in [5, 5.41) is 3.45. The van der Waals surface area contributed by atoms with Crippen LogP contribution in [0.2, 0.25) is 0 Å². The van der Waals surface area contributed by atoms with Crippen LogP contribution in [0.15, 0.2) is 24.3 Å². The maximum absolute atomic E-state index is 5.68. The van der Waals surface area contributed by atoms with Gasteiger partial charge in [0.2, 0.25) is 0 Å². The third-order valence-electron chi connectivity index (χ3n) is 3.40. The van der Waals surface area contributed by atoms with Gasteiger partial charge in [0, 0.05) is 19.1 Å². The van der Waals surface area contributed by atoms with E-state index in [0.717, 1.165) is 25.4 Å². The molecule has 3 heteroatoms. The molecule has 100 valence electrons. The van der Waals surface area contributed by atoms with Gasteiger partial charge in [-0.15, -0.1) is 0 Å². The molecule has 3 nitrogen and oxygen atoms in total. The van der Waals surface area contributed by atoms with Crippen molar-refractivity contribution in [2.24, 2.45) is 0 Å². The largest absolute Gasteiger partial charge is 0.491 e. The fourth-order valence-corrected chi connectivity index (χ4v) is 2.46. The molecule has 1 N–H and O–H groups in total. The van der Waals surface area contributed by atoms with Crippen LogP contribution >= 0.6 is 0 Å². The quantitative estimate of drug-likeness (QED) is 0.889. The monoisotopic (exact) mass is 248 g/mol. The second-order valence-corrected chi connectivity index (χ2v) is 5.27. The minimum Gasteiger partial charge on any atom is -0.491 e. The molecule has 1 heterocycles. The third-order valence-corrected chi connectivity index (χ3v) is 3.40. The van der Waals surface area contributed by atoms with Crippen LogP contribution in [0.25, 0.3) is 0 Å². The van der Waals surface area contributed by atoms with Crippen LogP contribution in [0.3, 0.4) is 0 Å². The number of nitrogens with one attached hydrogen (secondary N) is 1. The maximum atomic E-state index is 5.68. The Balaban J connectivity index is 2.07. The average Bonchev–Trinajstić information content (AvgIpc) is 2.54. The van der Waals surface area contributed by atoms with E-state index in [-0.39, 0.29) is 6.10 Å². The molecule has 1 aromatic carbocycles. The molecule has 0 aromatic heterocycles. The lowest BCUT2D eigenvalue weighted by atomic mass is 10.0. The predicted octanol–water partition coefficient (Wildman–Crippen LogP) is 2.44. The SMILES string of the molecule is CC(C)Oc1ccc(C2CCNCCN2C)cc1. The van der Waals surface area contributed by atoms with E-state index in [1.807, 2.05) is 0 Å². The first-order valence-corrected chi connectivity index (χ1v) is 6.84. The number of benzene rings is 1. The van der Waals surface area contributed by atoms with E-state index in [4.69, 9.17) is 4.74 Å². The zero-order valence-corrected chi connectivity index (χ0v) is 11.6. The van der Waals surface area contributed by atoms with Gasteiger partial charge in [-0.05, 0) is 51.6 Å². The third kappa shape index (κ3) is 3.47. The van der Waals surface area contributed by atoms with Gasteiger partial charge in [-0.3, -0.25) is 4.90 Å². The summed E-state index contributed by atoms with van der Waals surface area (Å²) in [7, 11) is 2.20. The van der Waals surface area contributed by atoms with Crippen molar-refractivity contribution in [2.75, 3.05) is 26.7 Å². The van der Waals surface area contributed by atoms with E-state index in [1.54, 1.807) is 0 Å². The molecule has 0 aliphatic carbocycles. The van der Waals surface area contributed by atoms with Crippen molar-refractivity contribution in [1.82, 2.24) is 10.2 Å². The Bertz CT molecular complexity index is 361. The Labute approximate surface area is 110 Å². The molecule has 0 spiro atoms. The van der Waals surface area contributed by atoms with Gasteiger partial charge in [0.1, 0.15) is 5.75 Å². The van der Waals surface area contributed by atoms with E-state index in [1.165, 1.54) is 12.0 Å². The molecule has 1 aliphatic rings. The fourth-order valence-electron chi connectivity index (χ4n) is 2.46. The summed E-state index contributed by atoms with van der Waals surface area (Å²) >= 11 is 0. The zero-order chi connectivity index (χ0) is 13.0. The van der Waals surface area contributed by atoms with Crippen molar-refractivity contribution in [3.05, 3.63) is 29.8 Å². The molecular weight excluding hydrogens is 224 g/mol. The minimum atomic E-state index is 0.237. The van der Waals surface area contributed by atoms with Crippen LogP contribution in [-0.4, -0.2) is 37.7 Å². The number of hydrogen-bond donors (Lipinski definition) is 1. The zero-order valence-electron chi connectivity index (χ0n) is 11.6. The van der Waals surface area contributed by atoms with Crippen LogP contribution in [0, 0.1) is 0 Å². The van der Waals surface area contributed by atoms with Crippen molar-refractivity contribution >= 4 is 0 Å². The summed E-state index contributed by atoms with van der Waals surface area (Å²) < 4.78 is 5.68. The topological polar surface area (TPSA) is 24.5 Å². The number of hydrogen-bond acceptors (Lipinski definition) is 3. The van der Waals surface area contributed by atoms with Gasteiger partial charge in [-0.2, -0.15) is 0 Å². The second-order valence-electron chi connectivity index (χ2n) is 5.27. The Kier molecular flexibility index (Phi) is 4.61. The van der Waals surface area contributed by atoms with Crippen molar-refractivity contribution in [3.63, 3.8) is 0 Å². The van der Waals surface area contributed by atoms with Gasteiger partial charge < -0.3 is 10.1 Å². The summed E-state index contributed by atoms with van der Waals surface area (Å²) in [5.41, 5.74) is 1.39. The summed E-state index contributed by atoms with van der Waals surface area (Å²) in [6, 6.07) is 9.09. The molecule has 2 rings (SSSR count). The summed E-state index contributed by atoms with van der Waals surface area (Å²) in [6.45, 7) is 7.40. The first-order chi connectivity index (χ1) is 8.66. The lowest BCUT2D eigenvalue weighted by Crippen LogP contribution is -2.26. The molecule has 1 fully saturated rings. The molecule has 1 aliphatic heterocycles. The lowest BCUT2D eigenvalue weighted by Gasteiger charge is -2.25. The lowest BCUT2D eigenvalue weighted by molar-refractivity contribution is 0.241. The van der Waals surface area contributed by atoms with E-state index in [2.05, 4.69) is 55.4 Å². The molecule has 1 unspecified atom stereocenters. The van der Waals surface area contributed by atoms with Crippen LogP contribution < -0.4 is 10.1 Å². The molecule has 1 saturated heterocycles. The number of ether oxygens (including phenoxy) is 1. The van der Waals surface area contributed by atoms with Gasteiger partial charge in [-0.1, -0.05) is 12.1 Å².